The molecule has 0 aliphatic heterocycles. The van der Waals surface area contributed by atoms with Gasteiger partial charge in [-0.15, -0.1) is 0 Å². The number of aliphatic hydroxyl groups excluding tert-OH is 1. The molecule has 122 valence electrons. The highest BCUT2D eigenvalue weighted by molar-refractivity contribution is 5.74. The largest absolute Gasteiger partial charge is 0.393 e. The van der Waals surface area contributed by atoms with Gasteiger partial charge >= 0.3 is 6.03 Å². The third-order valence-electron chi connectivity index (χ3n) is 4.17. The van der Waals surface area contributed by atoms with E-state index in [-0.39, 0.29) is 18.2 Å². The zero-order chi connectivity index (χ0) is 15.8. The fourth-order valence-electron chi connectivity index (χ4n) is 2.87. The molecule has 1 aliphatic rings. The number of rotatable bonds is 6. The van der Waals surface area contributed by atoms with E-state index in [0.29, 0.717) is 6.54 Å². The van der Waals surface area contributed by atoms with Gasteiger partial charge in [-0.3, -0.25) is 4.98 Å². The normalized spacial score (nSPS) is 21.4. The average molecular weight is 305 g/mol. The van der Waals surface area contributed by atoms with Crippen LogP contribution in [0.25, 0.3) is 0 Å². The molecule has 1 aromatic heterocycles. The Morgan fingerprint density at radius 3 is 2.73 bits per heavy atom. The summed E-state index contributed by atoms with van der Waals surface area (Å²) in [5.41, 5.74) is 1.01. The minimum Gasteiger partial charge on any atom is -0.393 e. The number of nitrogens with one attached hydrogen (secondary N) is 1. The van der Waals surface area contributed by atoms with Crippen LogP contribution in [0.4, 0.5) is 4.79 Å². The number of nitrogens with zero attached hydrogens (tertiary/aromatic N) is 2. The summed E-state index contributed by atoms with van der Waals surface area (Å²) >= 11 is 0. The molecule has 0 aromatic carbocycles. The molecule has 1 aromatic rings. The molecular formula is C17H27N3O2. The van der Waals surface area contributed by atoms with Crippen molar-refractivity contribution < 1.29 is 9.90 Å². The molecule has 22 heavy (non-hydrogen) atoms. The summed E-state index contributed by atoms with van der Waals surface area (Å²) < 4.78 is 0. The average Bonchev–Trinajstić information content (AvgIpc) is 2.54. The van der Waals surface area contributed by atoms with Crippen molar-refractivity contribution in [2.45, 2.75) is 57.6 Å². The van der Waals surface area contributed by atoms with Crippen molar-refractivity contribution in [3.05, 3.63) is 30.1 Å². The summed E-state index contributed by atoms with van der Waals surface area (Å²) in [5, 5.41) is 12.7. The number of hydrogen-bond acceptors (Lipinski definition) is 3. The van der Waals surface area contributed by atoms with E-state index in [2.05, 4.69) is 17.2 Å². The zero-order valence-electron chi connectivity index (χ0n) is 13.4. The summed E-state index contributed by atoms with van der Waals surface area (Å²) in [6, 6.07) is 6.08. The summed E-state index contributed by atoms with van der Waals surface area (Å²) in [6.45, 7) is 3.53. The van der Waals surface area contributed by atoms with Crippen LogP contribution in [0.15, 0.2) is 24.4 Å². The van der Waals surface area contributed by atoms with E-state index in [1.165, 1.54) is 0 Å². The molecule has 0 saturated heterocycles. The Kier molecular flexibility index (Phi) is 6.65. The number of aliphatic hydroxyl groups is 1. The Morgan fingerprint density at radius 2 is 2.09 bits per heavy atom. The van der Waals surface area contributed by atoms with Crippen molar-refractivity contribution in [2.24, 2.45) is 0 Å². The highest BCUT2D eigenvalue weighted by Gasteiger charge is 2.22. The van der Waals surface area contributed by atoms with Crippen LogP contribution in [-0.2, 0) is 6.42 Å². The van der Waals surface area contributed by atoms with Crippen molar-refractivity contribution >= 4 is 6.03 Å². The van der Waals surface area contributed by atoms with Gasteiger partial charge in [0, 0.05) is 37.4 Å². The van der Waals surface area contributed by atoms with Crippen LogP contribution >= 0.6 is 0 Å². The molecule has 1 fully saturated rings. The van der Waals surface area contributed by atoms with Crippen LogP contribution in [-0.4, -0.2) is 46.3 Å². The van der Waals surface area contributed by atoms with E-state index in [1.54, 1.807) is 6.20 Å². The van der Waals surface area contributed by atoms with Gasteiger partial charge in [0.05, 0.1) is 6.10 Å². The highest BCUT2D eigenvalue weighted by atomic mass is 16.3. The smallest absolute Gasteiger partial charge is 0.317 e. The van der Waals surface area contributed by atoms with Crippen LogP contribution < -0.4 is 5.32 Å². The number of hydrogen-bond donors (Lipinski definition) is 2. The molecule has 2 amide bonds. The fraction of sp³-hybridized carbons (Fsp3) is 0.647. The summed E-state index contributed by atoms with van der Waals surface area (Å²) in [7, 11) is 0. The van der Waals surface area contributed by atoms with Crippen LogP contribution in [0.3, 0.4) is 0 Å². The first kappa shape index (κ1) is 16.7. The highest BCUT2D eigenvalue weighted by Crippen LogP contribution is 2.18. The molecular weight excluding hydrogens is 278 g/mol. The third-order valence-corrected chi connectivity index (χ3v) is 4.17. The van der Waals surface area contributed by atoms with Crippen LogP contribution in [0, 0.1) is 0 Å². The maximum Gasteiger partial charge on any atom is 0.317 e. The first-order valence-corrected chi connectivity index (χ1v) is 8.32. The Labute approximate surface area is 132 Å². The molecule has 2 rings (SSSR count). The molecule has 1 heterocycles. The Hall–Kier alpha value is -1.62. The number of aromatic nitrogens is 1. The quantitative estimate of drug-likeness (QED) is 0.848. The van der Waals surface area contributed by atoms with Gasteiger partial charge in [0.1, 0.15) is 0 Å². The monoisotopic (exact) mass is 305 g/mol. The maximum absolute atomic E-state index is 12.4. The molecule has 0 unspecified atom stereocenters. The van der Waals surface area contributed by atoms with Gasteiger partial charge < -0.3 is 15.3 Å². The van der Waals surface area contributed by atoms with Gasteiger partial charge in [-0.1, -0.05) is 13.0 Å². The van der Waals surface area contributed by atoms with Crippen LogP contribution in [0.5, 0.6) is 0 Å². The first-order chi connectivity index (χ1) is 10.7. The lowest BCUT2D eigenvalue weighted by molar-refractivity contribution is 0.115. The number of pyridine rings is 1. The molecule has 5 nitrogen and oxygen atoms in total. The second kappa shape index (κ2) is 8.73. The van der Waals surface area contributed by atoms with E-state index in [0.717, 1.165) is 50.8 Å². The number of amides is 2. The van der Waals surface area contributed by atoms with Gasteiger partial charge in [-0.25, -0.2) is 4.79 Å². The molecule has 1 saturated carbocycles. The van der Waals surface area contributed by atoms with Crippen LogP contribution in [0.1, 0.15) is 44.7 Å². The SMILES string of the molecule is CCCN(CCc1ccccn1)C(=O)NC1CCC(O)CC1. The number of urea groups is 1. The molecule has 5 heteroatoms. The van der Waals surface area contributed by atoms with Crippen molar-refractivity contribution in [2.75, 3.05) is 13.1 Å². The van der Waals surface area contributed by atoms with Crippen molar-refractivity contribution in [1.29, 1.82) is 0 Å². The summed E-state index contributed by atoms with van der Waals surface area (Å²) in [4.78, 5) is 18.6. The minimum absolute atomic E-state index is 0.0131. The lowest BCUT2D eigenvalue weighted by Crippen LogP contribution is -2.47. The molecule has 0 atom stereocenters. The maximum atomic E-state index is 12.4. The second-order valence-electron chi connectivity index (χ2n) is 6.01. The van der Waals surface area contributed by atoms with Crippen molar-refractivity contribution in [3.8, 4) is 0 Å². The predicted octanol–water partition coefficient (Wildman–Crippen LogP) is 2.35. The van der Waals surface area contributed by atoms with E-state index in [4.69, 9.17) is 0 Å². The summed E-state index contributed by atoms with van der Waals surface area (Å²) in [5.74, 6) is 0. The Balaban J connectivity index is 1.82. The van der Waals surface area contributed by atoms with E-state index >= 15 is 0 Å². The van der Waals surface area contributed by atoms with Gasteiger partial charge in [0.15, 0.2) is 0 Å². The predicted molar refractivity (Wildman–Crippen MR) is 86.6 cm³/mol. The molecule has 0 bridgehead atoms. The third kappa shape index (κ3) is 5.30. The molecule has 0 spiro atoms. The Bertz CT molecular complexity index is 444. The fourth-order valence-corrected chi connectivity index (χ4v) is 2.87. The van der Waals surface area contributed by atoms with Gasteiger partial charge in [-0.2, -0.15) is 0 Å². The van der Waals surface area contributed by atoms with Gasteiger partial charge in [0.25, 0.3) is 0 Å². The lowest BCUT2D eigenvalue weighted by Gasteiger charge is -2.29. The summed E-state index contributed by atoms with van der Waals surface area (Å²) in [6.07, 6.45) is 6.62. The van der Waals surface area contributed by atoms with Gasteiger partial charge in [0.2, 0.25) is 0 Å². The minimum atomic E-state index is -0.191. The van der Waals surface area contributed by atoms with Gasteiger partial charge in [-0.05, 0) is 44.2 Å². The van der Waals surface area contributed by atoms with E-state index in [1.807, 2.05) is 23.1 Å². The van der Waals surface area contributed by atoms with Crippen molar-refractivity contribution in [3.63, 3.8) is 0 Å². The Morgan fingerprint density at radius 1 is 1.32 bits per heavy atom. The zero-order valence-corrected chi connectivity index (χ0v) is 13.4. The second-order valence-corrected chi connectivity index (χ2v) is 6.01. The number of carbonyl (C=O) groups excluding carboxylic acids is 1. The molecule has 1 aliphatic carbocycles. The topological polar surface area (TPSA) is 65.5 Å². The first-order valence-electron chi connectivity index (χ1n) is 8.32. The molecule has 0 radical (unpaired) electrons. The lowest BCUT2D eigenvalue weighted by atomic mass is 9.93. The van der Waals surface area contributed by atoms with E-state index in [9.17, 15) is 9.90 Å². The van der Waals surface area contributed by atoms with E-state index < -0.39 is 0 Å². The van der Waals surface area contributed by atoms with Crippen LogP contribution in [0.2, 0.25) is 0 Å². The molecule has 2 N–H and O–H groups in total. The van der Waals surface area contributed by atoms with Crippen molar-refractivity contribution in [1.82, 2.24) is 15.2 Å². The standard InChI is InChI=1S/C17H27N3O2/c1-2-12-20(13-10-14-5-3-4-11-18-14)17(22)19-15-6-8-16(21)9-7-15/h3-5,11,15-16,21H,2,6-10,12-13H2,1H3,(H,19,22). The number of carbonyl (C=O) groups is 1.